The van der Waals surface area contributed by atoms with Crippen LogP contribution in [0.2, 0.25) is 0 Å². The summed E-state index contributed by atoms with van der Waals surface area (Å²) in [7, 11) is 3.21. The normalized spacial score (nSPS) is 21.5. The standard InChI is InChI=1S/C14H20BrN3O2S.HI/c1-9-6-18(7-12(9)13(19)20-3)14(16-2)17-5-11-4-10(15)8-21-11;/h4,8-9,12H,5-7H2,1-3H3,(H,16,17);1H. The second-order valence-electron chi connectivity index (χ2n) is 5.14. The molecule has 8 heteroatoms. The van der Waals surface area contributed by atoms with Gasteiger partial charge in [0.25, 0.3) is 0 Å². The van der Waals surface area contributed by atoms with Gasteiger partial charge >= 0.3 is 5.97 Å². The molecule has 124 valence electrons. The Morgan fingerprint density at radius 1 is 1.59 bits per heavy atom. The Labute approximate surface area is 160 Å². The number of carbonyl (C=O) groups is 1. The molecule has 0 radical (unpaired) electrons. The quantitative estimate of drug-likeness (QED) is 0.299. The number of rotatable bonds is 3. The fourth-order valence-corrected chi connectivity index (χ4v) is 3.93. The summed E-state index contributed by atoms with van der Waals surface area (Å²) < 4.78 is 5.97. The van der Waals surface area contributed by atoms with Gasteiger partial charge in [0.05, 0.1) is 19.6 Å². The molecule has 1 fully saturated rings. The second kappa shape index (κ2) is 9.07. The summed E-state index contributed by atoms with van der Waals surface area (Å²) in [4.78, 5) is 19.4. The Balaban J connectivity index is 0.00000242. The van der Waals surface area contributed by atoms with Crippen LogP contribution in [0.4, 0.5) is 0 Å². The van der Waals surface area contributed by atoms with Gasteiger partial charge in [-0.15, -0.1) is 35.3 Å². The lowest BCUT2D eigenvalue weighted by atomic mass is 9.99. The molecule has 1 N–H and O–H groups in total. The van der Waals surface area contributed by atoms with Crippen molar-refractivity contribution in [3.05, 3.63) is 20.8 Å². The number of ether oxygens (including phenoxy) is 1. The van der Waals surface area contributed by atoms with Crippen molar-refractivity contribution in [3.63, 3.8) is 0 Å². The highest BCUT2D eigenvalue weighted by molar-refractivity contribution is 14.0. The number of likely N-dealkylation sites (tertiary alicyclic amines) is 1. The number of nitrogens with zero attached hydrogens (tertiary/aromatic N) is 2. The third-order valence-electron chi connectivity index (χ3n) is 3.67. The molecule has 2 rings (SSSR count). The molecule has 0 spiro atoms. The summed E-state index contributed by atoms with van der Waals surface area (Å²) in [5, 5.41) is 5.41. The zero-order valence-corrected chi connectivity index (χ0v) is 17.6. The van der Waals surface area contributed by atoms with Crippen molar-refractivity contribution < 1.29 is 9.53 Å². The molecule has 2 heterocycles. The maximum Gasteiger partial charge on any atom is 0.310 e. The summed E-state index contributed by atoms with van der Waals surface area (Å²) in [6.07, 6.45) is 0. The van der Waals surface area contributed by atoms with E-state index in [1.807, 2.05) is 0 Å². The van der Waals surface area contributed by atoms with Crippen LogP contribution in [0.5, 0.6) is 0 Å². The molecule has 22 heavy (non-hydrogen) atoms. The van der Waals surface area contributed by atoms with Gasteiger partial charge < -0.3 is 15.0 Å². The molecule has 2 atom stereocenters. The van der Waals surface area contributed by atoms with Gasteiger partial charge in [0.1, 0.15) is 0 Å². The summed E-state index contributed by atoms with van der Waals surface area (Å²) in [6.45, 7) is 4.27. The van der Waals surface area contributed by atoms with Gasteiger partial charge in [0.15, 0.2) is 5.96 Å². The van der Waals surface area contributed by atoms with E-state index in [-0.39, 0.29) is 41.8 Å². The summed E-state index contributed by atoms with van der Waals surface area (Å²) in [6, 6.07) is 2.09. The first-order valence-corrected chi connectivity index (χ1v) is 8.48. The lowest BCUT2D eigenvalue weighted by Crippen LogP contribution is -2.40. The zero-order chi connectivity index (χ0) is 15.4. The third-order valence-corrected chi connectivity index (χ3v) is 5.37. The van der Waals surface area contributed by atoms with E-state index in [4.69, 9.17) is 4.74 Å². The average molecular weight is 502 g/mol. The second-order valence-corrected chi connectivity index (χ2v) is 7.06. The van der Waals surface area contributed by atoms with Gasteiger partial charge in [-0.2, -0.15) is 0 Å². The third kappa shape index (κ3) is 4.82. The van der Waals surface area contributed by atoms with Crippen molar-refractivity contribution in [3.8, 4) is 0 Å². The number of halogens is 2. The number of carbonyl (C=O) groups excluding carboxylic acids is 1. The minimum atomic E-state index is -0.136. The Morgan fingerprint density at radius 3 is 2.86 bits per heavy atom. The van der Waals surface area contributed by atoms with Gasteiger partial charge in [-0.3, -0.25) is 9.79 Å². The minimum absolute atomic E-state index is 0. The van der Waals surface area contributed by atoms with Crippen LogP contribution in [0, 0.1) is 11.8 Å². The van der Waals surface area contributed by atoms with Crippen LogP contribution in [0.15, 0.2) is 20.9 Å². The summed E-state index contributed by atoms with van der Waals surface area (Å²) in [5.41, 5.74) is 0. The molecule has 0 amide bonds. The molecular formula is C14H21BrIN3O2S. The van der Waals surface area contributed by atoms with Gasteiger partial charge in [-0.05, 0) is 27.9 Å². The highest BCUT2D eigenvalue weighted by Crippen LogP contribution is 2.24. The number of esters is 1. The zero-order valence-electron chi connectivity index (χ0n) is 12.8. The van der Waals surface area contributed by atoms with Crippen molar-refractivity contribution in [1.82, 2.24) is 10.2 Å². The molecule has 0 saturated carbocycles. The fraction of sp³-hybridized carbons (Fsp3) is 0.571. The molecule has 0 bridgehead atoms. The van der Waals surface area contributed by atoms with Crippen LogP contribution in [0.25, 0.3) is 0 Å². The summed E-state index contributed by atoms with van der Waals surface area (Å²) in [5.74, 6) is 0.886. The Hall–Kier alpha value is -0.350. The summed E-state index contributed by atoms with van der Waals surface area (Å²) >= 11 is 5.15. The Morgan fingerprint density at radius 2 is 2.32 bits per heavy atom. The van der Waals surface area contributed by atoms with Crippen molar-refractivity contribution in [1.29, 1.82) is 0 Å². The first-order valence-electron chi connectivity index (χ1n) is 6.81. The van der Waals surface area contributed by atoms with E-state index < -0.39 is 0 Å². The van der Waals surface area contributed by atoms with Gasteiger partial charge in [0, 0.05) is 34.9 Å². The number of guanidine groups is 1. The molecule has 1 saturated heterocycles. The van der Waals surface area contributed by atoms with Crippen LogP contribution in [0.1, 0.15) is 11.8 Å². The van der Waals surface area contributed by atoms with E-state index >= 15 is 0 Å². The predicted octanol–water partition coefficient (Wildman–Crippen LogP) is 2.94. The monoisotopic (exact) mass is 501 g/mol. The molecular weight excluding hydrogens is 481 g/mol. The van der Waals surface area contributed by atoms with Crippen LogP contribution in [-0.4, -0.2) is 44.1 Å². The van der Waals surface area contributed by atoms with E-state index in [1.54, 1.807) is 18.4 Å². The van der Waals surface area contributed by atoms with E-state index in [2.05, 4.69) is 49.5 Å². The Kier molecular flexibility index (Phi) is 8.12. The van der Waals surface area contributed by atoms with Crippen molar-refractivity contribution in [2.45, 2.75) is 13.5 Å². The van der Waals surface area contributed by atoms with E-state index in [0.717, 1.165) is 23.5 Å². The first kappa shape index (κ1) is 19.7. The smallest absolute Gasteiger partial charge is 0.310 e. The number of aliphatic imine (C=N–C) groups is 1. The topological polar surface area (TPSA) is 53.9 Å². The average Bonchev–Trinajstić information content (AvgIpc) is 3.05. The van der Waals surface area contributed by atoms with Gasteiger partial charge in [0.2, 0.25) is 0 Å². The van der Waals surface area contributed by atoms with Crippen molar-refractivity contribution in [2.75, 3.05) is 27.2 Å². The minimum Gasteiger partial charge on any atom is -0.469 e. The largest absolute Gasteiger partial charge is 0.469 e. The molecule has 0 aliphatic carbocycles. The number of thiophene rings is 1. The lowest BCUT2D eigenvalue weighted by Gasteiger charge is -2.21. The molecule has 1 aromatic rings. The van der Waals surface area contributed by atoms with Crippen molar-refractivity contribution in [2.24, 2.45) is 16.8 Å². The fourth-order valence-electron chi connectivity index (χ4n) is 2.54. The van der Waals surface area contributed by atoms with Crippen LogP contribution in [-0.2, 0) is 16.1 Å². The van der Waals surface area contributed by atoms with Gasteiger partial charge in [-0.1, -0.05) is 6.92 Å². The molecule has 1 aromatic heterocycles. The number of hydrogen-bond acceptors (Lipinski definition) is 4. The molecule has 5 nitrogen and oxygen atoms in total. The first-order chi connectivity index (χ1) is 10.0. The Bertz CT molecular complexity index is 538. The van der Waals surface area contributed by atoms with Crippen LogP contribution >= 0.6 is 51.2 Å². The van der Waals surface area contributed by atoms with Crippen LogP contribution < -0.4 is 5.32 Å². The highest BCUT2D eigenvalue weighted by Gasteiger charge is 2.36. The molecule has 2 unspecified atom stereocenters. The van der Waals surface area contributed by atoms with E-state index in [1.165, 1.54) is 12.0 Å². The number of nitrogens with one attached hydrogen (secondary N) is 1. The molecule has 1 aliphatic heterocycles. The highest BCUT2D eigenvalue weighted by atomic mass is 127. The number of hydrogen-bond donors (Lipinski definition) is 1. The lowest BCUT2D eigenvalue weighted by molar-refractivity contribution is -0.145. The van der Waals surface area contributed by atoms with Crippen LogP contribution in [0.3, 0.4) is 0 Å². The SMILES string of the molecule is CN=C(NCc1cc(Br)cs1)N1CC(C)C(C(=O)OC)C1.I. The van der Waals surface area contributed by atoms with E-state index in [0.29, 0.717) is 6.54 Å². The number of methoxy groups -OCH3 is 1. The molecule has 1 aliphatic rings. The van der Waals surface area contributed by atoms with E-state index in [9.17, 15) is 4.79 Å². The maximum atomic E-state index is 11.8. The van der Waals surface area contributed by atoms with Gasteiger partial charge in [-0.25, -0.2) is 0 Å². The van der Waals surface area contributed by atoms with Crippen molar-refractivity contribution >= 4 is 63.2 Å². The molecule has 0 aromatic carbocycles. The maximum absolute atomic E-state index is 11.8. The predicted molar refractivity (Wildman–Crippen MR) is 104 cm³/mol.